The average Bonchev–Trinajstić information content (AvgIpc) is 2.12. The Balaban J connectivity index is 4.97. The third-order valence-corrected chi connectivity index (χ3v) is 3.78. The molecule has 0 bridgehead atoms. The quantitative estimate of drug-likeness (QED) is 0.508. The van der Waals surface area contributed by atoms with Crippen LogP contribution in [0.15, 0.2) is 0 Å². The topological polar surface area (TPSA) is 20.2 Å². The SMILES string of the molecule is CC(C)C[N+](CC(C)C)(CC(C)C)CC(O)CBr. The van der Waals surface area contributed by atoms with Crippen LogP contribution < -0.4 is 0 Å². The molecular weight excluding hydrogens is 290 g/mol. The number of aliphatic hydroxyl groups is 1. The molecule has 0 spiro atoms. The van der Waals surface area contributed by atoms with Crippen molar-refractivity contribution >= 4 is 15.9 Å². The summed E-state index contributed by atoms with van der Waals surface area (Å²) < 4.78 is 1.06. The second-order valence-corrected chi connectivity index (χ2v) is 7.71. The van der Waals surface area contributed by atoms with Gasteiger partial charge in [0, 0.05) is 23.1 Å². The first kappa shape index (κ1) is 18.4. The second kappa shape index (κ2) is 8.55. The number of hydrogen-bond donors (Lipinski definition) is 1. The summed E-state index contributed by atoms with van der Waals surface area (Å²) in [5, 5.41) is 10.8. The van der Waals surface area contributed by atoms with E-state index in [0.29, 0.717) is 23.1 Å². The van der Waals surface area contributed by atoms with Crippen molar-refractivity contribution in [3.8, 4) is 0 Å². The van der Waals surface area contributed by atoms with Crippen LogP contribution in [-0.2, 0) is 0 Å². The summed E-state index contributed by atoms with van der Waals surface area (Å²) in [6.45, 7) is 18.1. The molecule has 0 aliphatic heterocycles. The lowest BCUT2D eigenvalue weighted by molar-refractivity contribution is -0.938. The van der Waals surface area contributed by atoms with Gasteiger partial charge in [-0.15, -0.1) is 0 Å². The summed E-state index contributed by atoms with van der Waals surface area (Å²) in [5.74, 6) is 2.01. The molecular formula is C15H33BrNO+. The van der Waals surface area contributed by atoms with Crippen molar-refractivity contribution in [3.05, 3.63) is 0 Å². The third kappa shape index (κ3) is 7.75. The Kier molecular flexibility index (Phi) is 8.74. The van der Waals surface area contributed by atoms with E-state index in [1.807, 2.05) is 0 Å². The van der Waals surface area contributed by atoms with Gasteiger partial charge in [-0.1, -0.05) is 57.5 Å². The Labute approximate surface area is 122 Å². The van der Waals surface area contributed by atoms with Crippen molar-refractivity contribution < 1.29 is 9.59 Å². The zero-order valence-corrected chi connectivity index (χ0v) is 14.7. The fraction of sp³-hybridized carbons (Fsp3) is 1.00. The van der Waals surface area contributed by atoms with Crippen LogP contribution in [0.3, 0.4) is 0 Å². The highest BCUT2D eigenvalue weighted by atomic mass is 79.9. The molecule has 0 aliphatic carbocycles. The highest BCUT2D eigenvalue weighted by molar-refractivity contribution is 9.09. The standard InChI is InChI=1S/C15H33BrNO/c1-12(2)8-17(9-13(3)4,10-14(5)6)11-15(18)7-16/h12-15,18H,7-11H2,1-6H3/q+1. The summed E-state index contributed by atoms with van der Waals surface area (Å²) in [5.41, 5.74) is 0. The van der Waals surface area contributed by atoms with Crippen molar-refractivity contribution in [2.45, 2.75) is 47.6 Å². The van der Waals surface area contributed by atoms with E-state index >= 15 is 0 Å². The number of alkyl halides is 1. The molecule has 1 N–H and O–H groups in total. The van der Waals surface area contributed by atoms with Crippen LogP contribution in [0.25, 0.3) is 0 Å². The number of hydrogen-bond acceptors (Lipinski definition) is 1. The molecule has 0 radical (unpaired) electrons. The van der Waals surface area contributed by atoms with Crippen LogP contribution in [0.2, 0.25) is 0 Å². The lowest BCUT2D eigenvalue weighted by Crippen LogP contribution is -2.57. The van der Waals surface area contributed by atoms with Crippen molar-refractivity contribution in [2.75, 3.05) is 31.5 Å². The number of rotatable bonds is 9. The van der Waals surface area contributed by atoms with E-state index in [9.17, 15) is 5.11 Å². The molecule has 2 nitrogen and oxygen atoms in total. The molecule has 0 heterocycles. The Hall–Kier alpha value is 0.400. The number of quaternary nitrogens is 1. The van der Waals surface area contributed by atoms with Crippen LogP contribution >= 0.6 is 15.9 Å². The van der Waals surface area contributed by atoms with Crippen LogP contribution in [-0.4, -0.2) is 47.2 Å². The van der Waals surface area contributed by atoms with Crippen molar-refractivity contribution in [2.24, 2.45) is 17.8 Å². The first-order valence-electron chi connectivity index (χ1n) is 7.30. The van der Waals surface area contributed by atoms with Gasteiger partial charge < -0.3 is 9.59 Å². The maximum Gasteiger partial charge on any atom is 0.113 e. The molecule has 0 saturated heterocycles. The van der Waals surface area contributed by atoms with E-state index in [2.05, 4.69) is 57.5 Å². The van der Waals surface area contributed by atoms with E-state index in [1.54, 1.807) is 0 Å². The van der Waals surface area contributed by atoms with Gasteiger partial charge in [0.05, 0.1) is 19.6 Å². The minimum atomic E-state index is -0.235. The summed E-state index contributed by atoms with van der Waals surface area (Å²) in [6, 6.07) is 0. The molecule has 0 amide bonds. The zero-order chi connectivity index (χ0) is 14.3. The molecule has 0 rings (SSSR count). The van der Waals surface area contributed by atoms with E-state index in [0.717, 1.165) is 11.0 Å². The van der Waals surface area contributed by atoms with Gasteiger partial charge in [0.1, 0.15) is 12.6 Å². The summed E-state index contributed by atoms with van der Waals surface area (Å²) in [4.78, 5) is 0. The minimum Gasteiger partial charge on any atom is -0.386 e. The zero-order valence-electron chi connectivity index (χ0n) is 13.1. The first-order valence-corrected chi connectivity index (χ1v) is 8.42. The smallest absolute Gasteiger partial charge is 0.113 e. The molecule has 110 valence electrons. The Morgan fingerprint density at radius 2 is 1.11 bits per heavy atom. The molecule has 18 heavy (non-hydrogen) atoms. The Morgan fingerprint density at radius 1 is 0.778 bits per heavy atom. The molecule has 0 aromatic heterocycles. The highest BCUT2D eigenvalue weighted by Crippen LogP contribution is 2.20. The van der Waals surface area contributed by atoms with Crippen molar-refractivity contribution in [1.29, 1.82) is 0 Å². The molecule has 0 aromatic rings. The summed E-state index contributed by atoms with van der Waals surface area (Å²) >= 11 is 3.41. The molecule has 0 aliphatic rings. The lowest BCUT2D eigenvalue weighted by atomic mass is 10.0. The van der Waals surface area contributed by atoms with Gasteiger partial charge in [0.15, 0.2) is 0 Å². The Bertz CT molecular complexity index is 190. The van der Waals surface area contributed by atoms with Crippen LogP contribution in [0.5, 0.6) is 0 Å². The molecule has 0 fully saturated rings. The molecule has 0 aromatic carbocycles. The highest BCUT2D eigenvalue weighted by Gasteiger charge is 2.32. The van der Waals surface area contributed by atoms with E-state index < -0.39 is 0 Å². The van der Waals surface area contributed by atoms with E-state index in [4.69, 9.17) is 0 Å². The predicted octanol–water partition coefficient (Wildman–Crippen LogP) is 3.53. The number of aliphatic hydroxyl groups excluding tert-OH is 1. The maximum absolute atomic E-state index is 10.1. The summed E-state index contributed by atoms with van der Waals surface area (Å²) in [7, 11) is 0. The normalized spacial score (nSPS) is 14.8. The summed E-state index contributed by atoms with van der Waals surface area (Å²) in [6.07, 6.45) is -0.235. The van der Waals surface area contributed by atoms with Gasteiger partial charge in [0.25, 0.3) is 0 Å². The van der Waals surface area contributed by atoms with Crippen LogP contribution in [0, 0.1) is 17.8 Å². The average molecular weight is 323 g/mol. The van der Waals surface area contributed by atoms with E-state index in [1.165, 1.54) is 19.6 Å². The molecule has 1 atom stereocenters. The number of halogens is 1. The Morgan fingerprint density at radius 3 is 1.33 bits per heavy atom. The van der Waals surface area contributed by atoms with Gasteiger partial charge >= 0.3 is 0 Å². The third-order valence-electron chi connectivity index (χ3n) is 3.03. The van der Waals surface area contributed by atoms with Gasteiger partial charge in [0.2, 0.25) is 0 Å². The fourth-order valence-corrected chi connectivity index (χ4v) is 3.47. The van der Waals surface area contributed by atoms with Gasteiger partial charge in [-0.05, 0) is 0 Å². The lowest BCUT2D eigenvalue weighted by Gasteiger charge is -2.43. The number of nitrogens with zero attached hydrogens (tertiary/aromatic N) is 1. The van der Waals surface area contributed by atoms with Crippen molar-refractivity contribution in [1.82, 2.24) is 0 Å². The first-order chi connectivity index (χ1) is 8.20. The largest absolute Gasteiger partial charge is 0.386 e. The van der Waals surface area contributed by atoms with Crippen LogP contribution in [0.1, 0.15) is 41.5 Å². The molecule has 1 unspecified atom stereocenters. The monoisotopic (exact) mass is 322 g/mol. The molecule has 0 saturated carbocycles. The van der Waals surface area contributed by atoms with Gasteiger partial charge in [-0.3, -0.25) is 0 Å². The van der Waals surface area contributed by atoms with Gasteiger partial charge in [-0.2, -0.15) is 0 Å². The molecule has 3 heteroatoms. The van der Waals surface area contributed by atoms with Crippen molar-refractivity contribution in [3.63, 3.8) is 0 Å². The predicted molar refractivity (Wildman–Crippen MR) is 84.0 cm³/mol. The maximum atomic E-state index is 10.1. The second-order valence-electron chi connectivity index (χ2n) is 7.06. The van der Waals surface area contributed by atoms with E-state index in [-0.39, 0.29) is 6.10 Å². The van der Waals surface area contributed by atoms with Gasteiger partial charge in [-0.25, -0.2) is 0 Å². The van der Waals surface area contributed by atoms with Crippen LogP contribution in [0.4, 0.5) is 0 Å². The minimum absolute atomic E-state index is 0.235. The fourth-order valence-electron chi connectivity index (χ4n) is 3.27.